The first kappa shape index (κ1) is 9.64. The van der Waals surface area contributed by atoms with E-state index in [1.54, 1.807) is 13.1 Å². The molecule has 0 aromatic carbocycles. The van der Waals surface area contributed by atoms with Crippen LogP contribution in [0.3, 0.4) is 0 Å². The van der Waals surface area contributed by atoms with Gasteiger partial charge < -0.3 is 15.8 Å². The number of hydrogen-bond acceptors (Lipinski definition) is 4. The second-order valence-electron chi connectivity index (χ2n) is 2.93. The van der Waals surface area contributed by atoms with E-state index in [4.69, 9.17) is 10.5 Å². The number of hydrogen-bond donors (Lipinski definition) is 2. The van der Waals surface area contributed by atoms with E-state index in [-0.39, 0.29) is 5.97 Å². The summed E-state index contributed by atoms with van der Waals surface area (Å²) >= 11 is 0. The quantitative estimate of drug-likeness (QED) is 0.614. The van der Waals surface area contributed by atoms with Crippen LogP contribution in [0.2, 0.25) is 0 Å². The topological polar surface area (TPSA) is 64.3 Å². The Bertz CT molecular complexity index is 279. The van der Waals surface area contributed by atoms with Crippen molar-refractivity contribution < 1.29 is 9.53 Å². The largest absolute Gasteiger partial charge is 0.461 e. The maximum atomic E-state index is 11.3. The Morgan fingerprint density at radius 2 is 2.46 bits per heavy atom. The molecule has 3 N–H and O–H groups in total. The Morgan fingerprint density at radius 1 is 1.77 bits per heavy atom. The molecule has 0 spiro atoms. The SMILES string of the molecule is CCOC(=O)C1=C(N)CC(C)=CN1. The molecule has 0 saturated carbocycles. The van der Waals surface area contributed by atoms with Crippen molar-refractivity contribution in [3.05, 3.63) is 23.2 Å². The molecule has 1 aliphatic rings. The minimum atomic E-state index is -0.385. The van der Waals surface area contributed by atoms with Gasteiger partial charge in [0.05, 0.1) is 6.61 Å². The third-order valence-corrected chi connectivity index (χ3v) is 1.73. The summed E-state index contributed by atoms with van der Waals surface area (Å²) in [6.07, 6.45) is 2.39. The first-order valence-electron chi connectivity index (χ1n) is 4.23. The fraction of sp³-hybridized carbons (Fsp3) is 0.444. The molecule has 1 heterocycles. The summed E-state index contributed by atoms with van der Waals surface area (Å²) in [6.45, 7) is 4.07. The van der Waals surface area contributed by atoms with Gasteiger partial charge in [-0.25, -0.2) is 4.79 Å². The normalized spacial score (nSPS) is 16.3. The van der Waals surface area contributed by atoms with Gasteiger partial charge in [0, 0.05) is 18.3 Å². The van der Waals surface area contributed by atoms with Gasteiger partial charge >= 0.3 is 5.97 Å². The molecule has 1 aliphatic heterocycles. The van der Waals surface area contributed by atoms with Gasteiger partial charge in [0.15, 0.2) is 0 Å². The number of ether oxygens (including phenoxy) is 1. The van der Waals surface area contributed by atoms with Crippen molar-refractivity contribution >= 4 is 5.97 Å². The lowest BCUT2D eigenvalue weighted by molar-refractivity contribution is -0.138. The maximum Gasteiger partial charge on any atom is 0.356 e. The van der Waals surface area contributed by atoms with Crippen LogP contribution in [0.1, 0.15) is 20.3 Å². The molecule has 0 aromatic heterocycles. The van der Waals surface area contributed by atoms with E-state index in [2.05, 4.69) is 5.32 Å². The monoisotopic (exact) mass is 182 g/mol. The van der Waals surface area contributed by atoms with E-state index in [0.29, 0.717) is 24.4 Å². The molecule has 0 unspecified atom stereocenters. The molecule has 0 amide bonds. The summed E-state index contributed by atoms with van der Waals surface area (Å²) < 4.78 is 4.82. The van der Waals surface area contributed by atoms with Crippen LogP contribution in [-0.2, 0) is 9.53 Å². The zero-order chi connectivity index (χ0) is 9.84. The number of rotatable bonds is 2. The summed E-state index contributed by atoms with van der Waals surface area (Å²) in [5.74, 6) is -0.385. The van der Waals surface area contributed by atoms with Gasteiger partial charge in [-0.1, -0.05) is 5.57 Å². The van der Waals surface area contributed by atoms with Crippen LogP contribution in [0.15, 0.2) is 23.2 Å². The van der Waals surface area contributed by atoms with E-state index < -0.39 is 0 Å². The molecule has 13 heavy (non-hydrogen) atoms. The molecule has 4 nitrogen and oxygen atoms in total. The summed E-state index contributed by atoms with van der Waals surface area (Å²) in [6, 6.07) is 0. The molecule has 1 rings (SSSR count). The van der Waals surface area contributed by atoms with Crippen LogP contribution in [0.4, 0.5) is 0 Å². The zero-order valence-corrected chi connectivity index (χ0v) is 7.89. The zero-order valence-electron chi connectivity index (χ0n) is 7.89. The van der Waals surface area contributed by atoms with E-state index in [1.807, 2.05) is 6.92 Å². The number of dihydropyridines is 1. The minimum Gasteiger partial charge on any atom is -0.461 e. The second kappa shape index (κ2) is 3.98. The number of carbonyl (C=O) groups is 1. The molecule has 0 fully saturated rings. The fourth-order valence-electron chi connectivity index (χ4n) is 1.12. The van der Waals surface area contributed by atoms with Crippen LogP contribution >= 0.6 is 0 Å². The van der Waals surface area contributed by atoms with Crippen molar-refractivity contribution in [2.24, 2.45) is 5.73 Å². The molecule has 0 atom stereocenters. The third kappa shape index (κ3) is 2.24. The summed E-state index contributed by atoms with van der Waals surface area (Å²) in [7, 11) is 0. The van der Waals surface area contributed by atoms with E-state index in [1.165, 1.54) is 0 Å². The lowest BCUT2D eigenvalue weighted by atomic mass is 10.1. The molecule has 0 bridgehead atoms. The van der Waals surface area contributed by atoms with Crippen molar-refractivity contribution in [1.82, 2.24) is 5.32 Å². The van der Waals surface area contributed by atoms with Crippen molar-refractivity contribution in [2.75, 3.05) is 6.61 Å². The van der Waals surface area contributed by atoms with Crippen LogP contribution < -0.4 is 11.1 Å². The van der Waals surface area contributed by atoms with Gasteiger partial charge in [-0.05, 0) is 13.8 Å². The Labute approximate surface area is 77.4 Å². The average Bonchev–Trinajstić information content (AvgIpc) is 2.04. The molecular formula is C9H14N2O2. The lowest BCUT2D eigenvalue weighted by Crippen LogP contribution is -2.26. The van der Waals surface area contributed by atoms with E-state index in [0.717, 1.165) is 5.57 Å². The molecule has 0 radical (unpaired) electrons. The van der Waals surface area contributed by atoms with Gasteiger partial charge in [0.25, 0.3) is 0 Å². The number of nitrogens with one attached hydrogen (secondary N) is 1. The molecule has 0 aromatic rings. The minimum absolute atomic E-state index is 0.361. The molecular weight excluding hydrogens is 168 g/mol. The summed E-state index contributed by atoms with van der Waals surface area (Å²) in [5, 5.41) is 2.82. The van der Waals surface area contributed by atoms with Crippen LogP contribution in [0.5, 0.6) is 0 Å². The Hall–Kier alpha value is -1.45. The highest BCUT2D eigenvalue weighted by Crippen LogP contribution is 2.14. The van der Waals surface area contributed by atoms with Gasteiger partial charge in [-0.15, -0.1) is 0 Å². The van der Waals surface area contributed by atoms with Gasteiger partial charge in [-0.2, -0.15) is 0 Å². The highest BCUT2D eigenvalue weighted by Gasteiger charge is 2.16. The van der Waals surface area contributed by atoms with Crippen molar-refractivity contribution in [3.63, 3.8) is 0 Å². The molecule has 4 heteroatoms. The van der Waals surface area contributed by atoms with Gasteiger partial charge in [0.2, 0.25) is 0 Å². The number of allylic oxidation sites excluding steroid dienone is 1. The Morgan fingerprint density at radius 3 is 3.00 bits per heavy atom. The lowest BCUT2D eigenvalue weighted by Gasteiger charge is -2.16. The van der Waals surface area contributed by atoms with Crippen molar-refractivity contribution in [3.8, 4) is 0 Å². The smallest absolute Gasteiger partial charge is 0.356 e. The first-order valence-corrected chi connectivity index (χ1v) is 4.23. The Kier molecular flexibility index (Phi) is 2.95. The standard InChI is InChI=1S/C9H14N2O2/c1-3-13-9(12)8-7(10)4-6(2)5-11-8/h5,11H,3-4,10H2,1-2H3. The van der Waals surface area contributed by atoms with Crippen LogP contribution in [0.25, 0.3) is 0 Å². The first-order chi connectivity index (χ1) is 6.15. The predicted octanol–water partition coefficient (Wildman–Crippen LogP) is 0.617. The number of esters is 1. The average molecular weight is 182 g/mol. The van der Waals surface area contributed by atoms with E-state index in [9.17, 15) is 4.79 Å². The highest BCUT2D eigenvalue weighted by molar-refractivity contribution is 5.89. The van der Waals surface area contributed by atoms with Crippen molar-refractivity contribution in [2.45, 2.75) is 20.3 Å². The van der Waals surface area contributed by atoms with Crippen LogP contribution in [-0.4, -0.2) is 12.6 Å². The number of carbonyl (C=O) groups excluding carboxylic acids is 1. The summed E-state index contributed by atoms with van der Waals surface area (Å²) in [4.78, 5) is 11.3. The Balaban J connectivity index is 2.70. The predicted molar refractivity (Wildman–Crippen MR) is 49.4 cm³/mol. The molecule has 72 valence electrons. The summed E-state index contributed by atoms with van der Waals surface area (Å²) in [5.41, 5.74) is 7.69. The highest BCUT2D eigenvalue weighted by atomic mass is 16.5. The van der Waals surface area contributed by atoms with E-state index >= 15 is 0 Å². The second-order valence-corrected chi connectivity index (χ2v) is 2.93. The van der Waals surface area contributed by atoms with Gasteiger partial charge in [0.1, 0.15) is 5.70 Å². The van der Waals surface area contributed by atoms with Crippen LogP contribution in [0, 0.1) is 0 Å². The maximum absolute atomic E-state index is 11.3. The van der Waals surface area contributed by atoms with Gasteiger partial charge in [-0.3, -0.25) is 0 Å². The molecule has 0 saturated heterocycles. The van der Waals surface area contributed by atoms with Crippen molar-refractivity contribution in [1.29, 1.82) is 0 Å². The molecule has 0 aliphatic carbocycles. The number of nitrogens with two attached hydrogens (primary N) is 1. The fourth-order valence-corrected chi connectivity index (χ4v) is 1.12. The third-order valence-electron chi connectivity index (χ3n) is 1.73.